The molecule has 0 aliphatic heterocycles. The van der Waals surface area contributed by atoms with Gasteiger partial charge in [0.05, 0.1) is 6.54 Å². The van der Waals surface area contributed by atoms with E-state index in [9.17, 15) is 4.79 Å². The van der Waals surface area contributed by atoms with Gasteiger partial charge in [-0.25, -0.2) is 0 Å². The monoisotopic (exact) mass is 260 g/mol. The molecular weight excluding hydrogens is 240 g/mol. The average Bonchev–Trinajstić information content (AvgIpc) is 2.97. The Hall–Kier alpha value is -1.65. The van der Waals surface area contributed by atoms with Gasteiger partial charge in [0, 0.05) is 18.9 Å². The van der Waals surface area contributed by atoms with E-state index in [2.05, 4.69) is 27.7 Å². The SMILES string of the molecule is Cn1c(CNC(=O)C2CC=CC2)nnc1C1CCC1. The second-order valence-electron chi connectivity index (χ2n) is 5.52. The summed E-state index contributed by atoms with van der Waals surface area (Å²) in [6, 6.07) is 0. The fourth-order valence-corrected chi connectivity index (χ4v) is 2.69. The lowest BCUT2D eigenvalue weighted by molar-refractivity contribution is -0.124. The van der Waals surface area contributed by atoms with Crippen LogP contribution in [0.25, 0.3) is 0 Å². The van der Waals surface area contributed by atoms with Gasteiger partial charge >= 0.3 is 0 Å². The number of nitrogens with one attached hydrogen (secondary N) is 1. The molecule has 1 heterocycles. The third-order valence-electron chi connectivity index (χ3n) is 4.27. The predicted octanol–water partition coefficient (Wildman–Crippen LogP) is 1.66. The van der Waals surface area contributed by atoms with Gasteiger partial charge in [0.15, 0.2) is 5.82 Å². The summed E-state index contributed by atoms with van der Waals surface area (Å²) >= 11 is 0. The molecule has 19 heavy (non-hydrogen) atoms. The third kappa shape index (κ3) is 2.41. The van der Waals surface area contributed by atoms with Crippen molar-refractivity contribution in [2.45, 2.75) is 44.6 Å². The minimum Gasteiger partial charge on any atom is -0.349 e. The van der Waals surface area contributed by atoms with Crippen molar-refractivity contribution in [1.29, 1.82) is 0 Å². The zero-order chi connectivity index (χ0) is 13.2. The smallest absolute Gasteiger partial charge is 0.224 e. The van der Waals surface area contributed by atoms with Gasteiger partial charge in [-0.05, 0) is 25.7 Å². The van der Waals surface area contributed by atoms with Crippen LogP contribution >= 0.6 is 0 Å². The summed E-state index contributed by atoms with van der Waals surface area (Å²) in [5, 5.41) is 11.4. The van der Waals surface area contributed by atoms with Crippen molar-refractivity contribution in [3.63, 3.8) is 0 Å². The number of hydrogen-bond donors (Lipinski definition) is 1. The van der Waals surface area contributed by atoms with E-state index in [1.54, 1.807) is 0 Å². The zero-order valence-corrected chi connectivity index (χ0v) is 11.3. The summed E-state index contributed by atoms with van der Waals surface area (Å²) in [6.45, 7) is 0.478. The molecule has 5 heteroatoms. The maximum absolute atomic E-state index is 11.9. The molecule has 1 saturated carbocycles. The van der Waals surface area contributed by atoms with Crippen LogP contribution < -0.4 is 5.32 Å². The molecule has 0 unspecified atom stereocenters. The molecule has 0 spiro atoms. The van der Waals surface area contributed by atoms with Crippen LogP contribution in [-0.4, -0.2) is 20.7 Å². The Kier molecular flexibility index (Phi) is 3.36. The Labute approximate surface area is 113 Å². The van der Waals surface area contributed by atoms with Crippen LogP contribution in [0.4, 0.5) is 0 Å². The molecule has 1 amide bonds. The first-order valence-electron chi connectivity index (χ1n) is 7.06. The number of hydrogen-bond acceptors (Lipinski definition) is 3. The molecular formula is C14H20N4O. The largest absolute Gasteiger partial charge is 0.349 e. The van der Waals surface area contributed by atoms with Crippen molar-refractivity contribution in [3.8, 4) is 0 Å². The molecule has 0 radical (unpaired) electrons. The van der Waals surface area contributed by atoms with Crippen LogP contribution in [0.15, 0.2) is 12.2 Å². The molecule has 1 aromatic heterocycles. The Morgan fingerprint density at radius 2 is 2.11 bits per heavy atom. The standard InChI is InChI=1S/C14H20N4O/c1-18-12(16-17-13(18)10-7-4-8-10)9-15-14(19)11-5-2-3-6-11/h2-3,10-11H,4-9H2,1H3,(H,15,19). The van der Waals surface area contributed by atoms with Gasteiger partial charge in [-0.15, -0.1) is 10.2 Å². The van der Waals surface area contributed by atoms with Gasteiger partial charge in [0.1, 0.15) is 5.82 Å². The van der Waals surface area contributed by atoms with Gasteiger partial charge in [-0.3, -0.25) is 4.79 Å². The maximum Gasteiger partial charge on any atom is 0.224 e. The van der Waals surface area contributed by atoms with E-state index in [0.29, 0.717) is 12.5 Å². The molecule has 0 aromatic carbocycles. The number of carbonyl (C=O) groups is 1. The molecule has 1 fully saturated rings. The van der Waals surface area contributed by atoms with E-state index < -0.39 is 0 Å². The second-order valence-corrected chi connectivity index (χ2v) is 5.52. The molecule has 2 aliphatic carbocycles. The summed E-state index contributed by atoms with van der Waals surface area (Å²) in [4.78, 5) is 11.9. The third-order valence-corrected chi connectivity index (χ3v) is 4.27. The fourth-order valence-electron chi connectivity index (χ4n) is 2.69. The Morgan fingerprint density at radius 1 is 1.37 bits per heavy atom. The van der Waals surface area contributed by atoms with Crippen molar-refractivity contribution >= 4 is 5.91 Å². The summed E-state index contributed by atoms with van der Waals surface area (Å²) in [7, 11) is 1.99. The van der Waals surface area contributed by atoms with E-state index in [0.717, 1.165) is 24.5 Å². The minimum atomic E-state index is 0.110. The normalized spacial score (nSPS) is 19.6. The summed E-state index contributed by atoms with van der Waals surface area (Å²) in [5.41, 5.74) is 0. The van der Waals surface area contributed by atoms with Crippen molar-refractivity contribution in [1.82, 2.24) is 20.1 Å². The van der Waals surface area contributed by atoms with Crippen molar-refractivity contribution in [2.24, 2.45) is 13.0 Å². The molecule has 2 aliphatic rings. The van der Waals surface area contributed by atoms with Crippen LogP contribution in [0, 0.1) is 5.92 Å². The molecule has 0 saturated heterocycles. The first kappa shape index (κ1) is 12.4. The molecule has 0 bridgehead atoms. The molecule has 1 aromatic rings. The van der Waals surface area contributed by atoms with Gasteiger partial charge < -0.3 is 9.88 Å². The van der Waals surface area contributed by atoms with E-state index in [1.807, 2.05) is 11.6 Å². The van der Waals surface area contributed by atoms with Crippen LogP contribution in [0.2, 0.25) is 0 Å². The highest BCUT2D eigenvalue weighted by atomic mass is 16.1. The van der Waals surface area contributed by atoms with Crippen LogP contribution in [0.1, 0.15) is 49.7 Å². The number of rotatable bonds is 4. The van der Waals surface area contributed by atoms with E-state index >= 15 is 0 Å². The molecule has 3 rings (SSSR count). The first-order valence-corrected chi connectivity index (χ1v) is 7.06. The van der Waals surface area contributed by atoms with Crippen molar-refractivity contribution in [3.05, 3.63) is 23.8 Å². The Bertz CT molecular complexity index is 494. The number of allylic oxidation sites excluding steroid dienone is 2. The average molecular weight is 260 g/mol. The summed E-state index contributed by atoms with van der Waals surface area (Å²) in [6.07, 6.45) is 9.58. The van der Waals surface area contributed by atoms with Crippen molar-refractivity contribution < 1.29 is 4.79 Å². The fraction of sp³-hybridized carbons (Fsp3) is 0.643. The van der Waals surface area contributed by atoms with Gasteiger partial charge in [0.2, 0.25) is 5.91 Å². The summed E-state index contributed by atoms with van der Waals surface area (Å²) < 4.78 is 2.04. The van der Waals surface area contributed by atoms with Gasteiger partial charge in [0.25, 0.3) is 0 Å². The van der Waals surface area contributed by atoms with E-state index in [1.165, 1.54) is 19.3 Å². The molecule has 1 N–H and O–H groups in total. The molecule has 5 nitrogen and oxygen atoms in total. The van der Waals surface area contributed by atoms with Crippen LogP contribution in [-0.2, 0) is 18.4 Å². The highest BCUT2D eigenvalue weighted by molar-refractivity contribution is 5.79. The number of aromatic nitrogens is 3. The van der Waals surface area contributed by atoms with Crippen LogP contribution in [0.3, 0.4) is 0 Å². The van der Waals surface area contributed by atoms with Crippen molar-refractivity contribution in [2.75, 3.05) is 0 Å². The lowest BCUT2D eigenvalue weighted by Gasteiger charge is -2.24. The number of amides is 1. The molecule has 102 valence electrons. The van der Waals surface area contributed by atoms with Crippen LogP contribution in [0.5, 0.6) is 0 Å². The van der Waals surface area contributed by atoms with E-state index in [4.69, 9.17) is 0 Å². The lowest BCUT2D eigenvalue weighted by Crippen LogP contribution is -2.30. The highest BCUT2D eigenvalue weighted by Crippen LogP contribution is 2.35. The first-order chi connectivity index (χ1) is 9.25. The summed E-state index contributed by atoms with van der Waals surface area (Å²) in [5.74, 6) is 2.72. The lowest BCUT2D eigenvalue weighted by atomic mass is 9.85. The topological polar surface area (TPSA) is 59.8 Å². The molecule has 0 atom stereocenters. The Balaban J connectivity index is 1.57. The quantitative estimate of drug-likeness (QED) is 0.838. The Morgan fingerprint density at radius 3 is 2.74 bits per heavy atom. The minimum absolute atomic E-state index is 0.110. The number of carbonyl (C=O) groups excluding carboxylic acids is 1. The van der Waals surface area contributed by atoms with Gasteiger partial charge in [-0.2, -0.15) is 0 Å². The highest BCUT2D eigenvalue weighted by Gasteiger charge is 2.25. The van der Waals surface area contributed by atoms with Gasteiger partial charge in [-0.1, -0.05) is 18.6 Å². The maximum atomic E-state index is 11.9. The number of nitrogens with zero attached hydrogens (tertiary/aromatic N) is 3. The predicted molar refractivity (Wildman–Crippen MR) is 71.3 cm³/mol. The zero-order valence-electron chi connectivity index (χ0n) is 11.3. The van der Waals surface area contributed by atoms with E-state index in [-0.39, 0.29) is 11.8 Å². The second kappa shape index (κ2) is 5.15.